The molecule has 2 unspecified atom stereocenters. The summed E-state index contributed by atoms with van der Waals surface area (Å²) in [5, 5.41) is 9.69. The molecule has 2 rings (SSSR count). The van der Waals surface area contributed by atoms with Crippen molar-refractivity contribution in [3.05, 3.63) is 0 Å². The van der Waals surface area contributed by atoms with Crippen LogP contribution in [0.4, 0.5) is 0 Å². The first kappa shape index (κ1) is 16.7. The van der Waals surface area contributed by atoms with Gasteiger partial charge in [0, 0.05) is 32.7 Å². The SMILES string of the molecule is CC1CCCC(CN2CCN(S(C)(=O)=O)CC2)(C(=O)O)C1. The molecule has 1 saturated carbocycles. The van der Waals surface area contributed by atoms with Crippen molar-refractivity contribution < 1.29 is 18.3 Å². The second-order valence-electron chi connectivity index (χ2n) is 6.73. The lowest BCUT2D eigenvalue weighted by Crippen LogP contribution is -2.53. The lowest BCUT2D eigenvalue weighted by Gasteiger charge is -2.42. The Morgan fingerprint density at radius 1 is 1.29 bits per heavy atom. The molecule has 7 heteroatoms. The van der Waals surface area contributed by atoms with Crippen molar-refractivity contribution in [1.82, 2.24) is 9.21 Å². The third-order valence-corrected chi connectivity index (χ3v) is 6.17. The zero-order valence-electron chi connectivity index (χ0n) is 12.9. The van der Waals surface area contributed by atoms with Crippen molar-refractivity contribution in [3.63, 3.8) is 0 Å². The molecular formula is C14H26N2O4S. The zero-order chi connectivity index (χ0) is 15.7. The maximum Gasteiger partial charge on any atom is 0.310 e. The van der Waals surface area contributed by atoms with Crippen molar-refractivity contribution in [2.24, 2.45) is 11.3 Å². The highest BCUT2D eigenvalue weighted by Crippen LogP contribution is 2.40. The minimum atomic E-state index is -3.13. The monoisotopic (exact) mass is 318 g/mol. The number of hydrogen-bond acceptors (Lipinski definition) is 4. The molecule has 0 aromatic heterocycles. The Kier molecular flexibility index (Phi) is 4.95. The Bertz CT molecular complexity index is 485. The highest BCUT2D eigenvalue weighted by molar-refractivity contribution is 7.88. The number of carboxylic acid groups (broad SMARTS) is 1. The van der Waals surface area contributed by atoms with Crippen molar-refractivity contribution in [2.45, 2.75) is 32.6 Å². The van der Waals surface area contributed by atoms with Crippen LogP contribution < -0.4 is 0 Å². The third-order valence-electron chi connectivity index (χ3n) is 4.87. The molecular weight excluding hydrogens is 292 g/mol. The molecule has 2 aliphatic rings. The predicted molar refractivity (Wildman–Crippen MR) is 80.6 cm³/mol. The van der Waals surface area contributed by atoms with Crippen LogP contribution in [0.15, 0.2) is 0 Å². The molecule has 1 N–H and O–H groups in total. The van der Waals surface area contributed by atoms with E-state index in [0.717, 1.165) is 25.7 Å². The summed E-state index contributed by atoms with van der Waals surface area (Å²) in [4.78, 5) is 13.9. The summed E-state index contributed by atoms with van der Waals surface area (Å²) in [6.45, 7) is 4.84. The van der Waals surface area contributed by atoms with E-state index in [0.29, 0.717) is 38.6 Å². The van der Waals surface area contributed by atoms with Gasteiger partial charge in [0.2, 0.25) is 10.0 Å². The fourth-order valence-corrected chi connectivity index (χ4v) is 4.54. The van der Waals surface area contributed by atoms with E-state index < -0.39 is 21.4 Å². The molecule has 0 aromatic rings. The molecule has 1 aliphatic carbocycles. The average Bonchev–Trinajstić information content (AvgIpc) is 2.38. The minimum absolute atomic E-state index is 0.451. The summed E-state index contributed by atoms with van der Waals surface area (Å²) in [7, 11) is -3.13. The van der Waals surface area contributed by atoms with Gasteiger partial charge in [0.05, 0.1) is 11.7 Å². The van der Waals surface area contributed by atoms with Crippen LogP contribution in [0.3, 0.4) is 0 Å². The first-order valence-corrected chi connectivity index (χ1v) is 9.49. The summed E-state index contributed by atoms with van der Waals surface area (Å²) in [5.74, 6) is -0.244. The number of piperazine rings is 1. The number of rotatable bonds is 4. The van der Waals surface area contributed by atoms with Gasteiger partial charge in [0.1, 0.15) is 0 Å². The van der Waals surface area contributed by atoms with Gasteiger partial charge >= 0.3 is 5.97 Å². The fourth-order valence-electron chi connectivity index (χ4n) is 3.71. The highest BCUT2D eigenvalue weighted by Gasteiger charge is 2.43. The average molecular weight is 318 g/mol. The highest BCUT2D eigenvalue weighted by atomic mass is 32.2. The van der Waals surface area contributed by atoms with Gasteiger partial charge in [-0.25, -0.2) is 8.42 Å². The lowest BCUT2D eigenvalue weighted by molar-refractivity contribution is -0.154. The molecule has 1 saturated heterocycles. The number of sulfonamides is 1. The molecule has 0 amide bonds. The van der Waals surface area contributed by atoms with E-state index in [-0.39, 0.29) is 0 Å². The molecule has 0 radical (unpaired) electrons. The van der Waals surface area contributed by atoms with Gasteiger partial charge in [0.25, 0.3) is 0 Å². The molecule has 122 valence electrons. The second kappa shape index (κ2) is 6.22. The first-order chi connectivity index (χ1) is 9.73. The lowest BCUT2D eigenvalue weighted by atomic mass is 9.69. The van der Waals surface area contributed by atoms with E-state index in [2.05, 4.69) is 11.8 Å². The Morgan fingerprint density at radius 3 is 2.38 bits per heavy atom. The van der Waals surface area contributed by atoms with Crippen molar-refractivity contribution >= 4 is 16.0 Å². The standard InChI is InChI=1S/C14H26N2O4S/c1-12-4-3-5-14(10-12,13(17)18)11-15-6-8-16(9-7-15)21(2,19)20/h12H,3-11H2,1-2H3,(H,17,18). The topological polar surface area (TPSA) is 77.9 Å². The van der Waals surface area contributed by atoms with Crippen LogP contribution in [0.25, 0.3) is 0 Å². The molecule has 0 spiro atoms. The van der Waals surface area contributed by atoms with Gasteiger partial charge in [-0.3, -0.25) is 9.69 Å². The van der Waals surface area contributed by atoms with Gasteiger partial charge < -0.3 is 5.11 Å². The number of carbonyl (C=O) groups is 1. The summed E-state index contributed by atoms with van der Waals surface area (Å²) in [6, 6.07) is 0. The normalized spacial score (nSPS) is 33.0. The van der Waals surface area contributed by atoms with Crippen LogP contribution in [0.1, 0.15) is 32.6 Å². The third kappa shape index (κ3) is 3.96. The Balaban J connectivity index is 1.98. The predicted octanol–water partition coefficient (Wildman–Crippen LogP) is 0.845. The summed E-state index contributed by atoms with van der Waals surface area (Å²) < 4.78 is 24.5. The van der Waals surface area contributed by atoms with Crippen LogP contribution in [-0.2, 0) is 14.8 Å². The number of carboxylic acids is 1. The van der Waals surface area contributed by atoms with Crippen LogP contribution in [0, 0.1) is 11.3 Å². The Morgan fingerprint density at radius 2 is 1.90 bits per heavy atom. The number of nitrogens with zero attached hydrogens (tertiary/aromatic N) is 2. The molecule has 1 aliphatic heterocycles. The number of hydrogen-bond donors (Lipinski definition) is 1. The van der Waals surface area contributed by atoms with Crippen molar-refractivity contribution in [2.75, 3.05) is 39.0 Å². The maximum atomic E-state index is 11.8. The van der Waals surface area contributed by atoms with E-state index >= 15 is 0 Å². The molecule has 0 bridgehead atoms. The largest absolute Gasteiger partial charge is 0.481 e. The smallest absolute Gasteiger partial charge is 0.310 e. The van der Waals surface area contributed by atoms with Gasteiger partial charge in [-0.1, -0.05) is 19.8 Å². The first-order valence-electron chi connectivity index (χ1n) is 7.64. The van der Waals surface area contributed by atoms with Gasteiger partial charge in [-0.05, 0) is 18.8 Å². The van der Waals surface area contributed by atoms with Gasteiger partial charge in [-0.2, -0.15) is 4.31 Å². The van der Waals surface area contributed by atoms with Crippen LogP contribution in [0.5, 0.6) is 0 Å². The van der Waals surface area contributed by atoms with E-state index in [1.165, 1.54) is 10.6 Å². The summed E-state index contributed by atoms with van der Waals surface area (Å²) in [5.41, 5.74) is -0.648. The van der Waals surface area contributed by atoms with Crippen LogP contribution in [0.2, 0.25) is 0 Å². The Labute approximate surface area is 127 Å². The van der Waals surface area contributed by atoms with Crippen LogP contribution >= 0.6 is 0 Å². The number of aliphatic carboxylic acids is 1. The van der Waals surface area contributed by atoms with E-state index in [1.807, 2.05) is 0 Å². The molecule has 1 heterocycles. The van der Waals surface area contributed by atoms with Gasteiger partial charge in [-0.15, -0.1) is 0 Å². The fraction of sp³-hybridized carbons (Fsp3) is 0.929. The quantitative estimate of drug-likeness (QED) is 0.831. The zero-order valence-corrected chi connectivity index (χ0v) is 13.7. The molecule has 0 aromatic carbocycles. The van der Waals surface area contributed by atoms with E-state index in [9.17, 15) is 18.3 Å². The van der Waals surface area contributed by atoms with Crippen molar-refractivity contribution in [3.8, 4) is 0 Å². The van der Waals surface area contributed by atoms with Crippen LogP contribution in [-0.4, -0.2) is 67.7 Å². The minimum Gasteiger partial charge on any atom is -0.481 e. The van der Waals surface area contributed by atoms with E-state index in [4.69, 9.17) is 0 Å². The molecule has 2 fully saturated rings. The molecule has 6 nitrogen and oxygen atoms in total. The summed E-state index contributed by atoms with van der Waals surface area (Å²) in [6.07, 6.45) is 4.77. The Hall–Kier alpha value is -0.660. The molecule has 2 atom stereocenters. The van der Waals surface area contributed by atoms with Gasteiger partial charge in [0.15, 0.2) is 0 Å². The summed E-state index contributed by atoms with van der Waals surface area (Å²) >= 11 is 0. The maximum absolute atomic E-state index is 11.8. The van der Waals surface area contributed by atoms with E-state index in [1.54, 1.807) is 0 Å². The van der Waals surface area contributed by atoms with Crippen molar-refractivity contribution in [1.29, 1.82) is 0 Å². The molecule has 21 heavy (non-hydrogen) atoms. The second-order valence-corrected chi connectivity index (χ2v) is 8.71.